The quantitative estimate of drug-likeness (QED) is 0.509. The first-order valence-electron chi connectivity index (χ1n) is 10.6. The van der Waals surface area contributed by atoms with Crippen molar-refractivity contribution < 1.29 is 21.6 Å². The predicted octanol–water partition coefficient (Wildman–Crippen LogP) is 3.28. The Morgan fingerprint density at radius 3 is 2.45 bits per heavy atom. The SMILES string of the molecule is O=[SH](=O)NCc1ccc(C(F)(F)F)c(C2CCN(Cc3cn(-c4ccccc4)nn3)CC2)c1. The highest BCUT2D eigenvalue weighted by atomic mass is 32.2. The third-order valence-corrected chi connectivity index (χ3v) is 6.22. The highest BCUT2D eigenvalue weighted by molar-refractivity contribution is 7.70. The van der Waals surface area contributed by atoms with Gasteiger partial charge in [-0.1, -0.05) is 35.5 Å². The van der Waals surface area contributed by atoms with Gasteiger partial charge in [0.15, 0.2) is 0 Å². The molecule has 0 atom stereocenters. The molecule has 1 N–H and O–H groups in total. The van der Waals surface area contributed by atoms with Crippen LogP contribution in [0.15, 0.2) is 54.7 Å². The van der Waals surface area contributed by atoms with Crippen LogP contribution in [0.2, 0.25) is 0 Å². The lowest BCUT2D eigenvalue weighted by Gasteiger charge is -2.33. The smallest absolute Gasteiger partial charge is 0.297 e. The average Bonchev–Trinajstić information content (AvgIpc) is 3.26. The van der Waals surface area contributed by atoms with Crippen LogP contribution in [0, 0.1) is 0 Å². The van der Waals surface area contributed by atoms with Crippen LogP contribution in [-0.2, 0) is 30.2 Å². The number of benzene rings is 2. The molecule has 2 aromatic carbocycles. The van der Waals surface area contributed by atoms with E-state index in [0.717, 1.165) is 17.4 Å². The number of rotatable bonds is 7. The predicted molar refractivity (Wildman–Crippen MR) is 117 cm³/mol. The van der Waals surface area contributed by atoms with Gasteiger partial charge in [-0.15, -0.1) is 5.10 Å². The second kappa shape index (κ2) is 10.0. The number of piperidine rings is 1. The number of hydrogen-bond donors (Lipinski definition) is 2. The zero-order chi connectivity index (χ0) is 23.4. The Hall–Kier alpha value is -2.76. The highest BCUT2D eigenvalue weighted by Gasteiger charge is 2.36. The zero-order valence-electron chi connectivity index (χ0n) is 17.7. The summed E-state index contributed by atoms with van der Waals surface area (Å²) in [5, 5.41) is 8.38. The van der Waals surface area contributed by atoms with Gasteiger partial charge >= 0.3 is 6.18 Å². The molecule has 0 saturated carbocycles. The first-order valence-corrected chi connectivity index (χ1v) is 11.7. The maximum absolute atomic E-state index is 13.6. The summed E-state index contributed by atoms with van der Waals surface area (Å²) in [6.07, 6.45) is -1.45. The van der Waals surface area contributed by atoms with Gasteiger partial charge in [0, 0.05) is 13.1 Å². The fourth-order valence-corrected chi connectivity index (χ4v) is 4.49. The van der Waals surface area contributed by atoms with Gasteiger partial charge in [0.25, 0.3) is 0 Å². The summed E-state index contributed by atoms with van der Waals surface area (Å²) in [6, 6.07) is 13.5. The maximum Gasteiger partial charge on any atom is 0.416 e. The molecule has 1 aromatic heterocycles. The minimum absolute atomic E-state index is 0.0280. The van der Waals surface area contributed by atoms with E-state index < -0.39 is 22.6 Å². The Balaban J connectivity index is 1.43. The number of likely N-dealkylation sites (tertiary alicyclic amines) is 1. The van der Waals surface area contributed by atoms with Gasteiger partial charge in [0.05, 0.1) is 23.1 Å². The number of hydrogen-bond acceptors (Lipinski definition) is 5. The van der Waals surface area contributed by atoms with Crippen molar-refractivity contribution in [3.05, 3.63) is 77.1 Å². The van der Waals surface area contributed by atoms with Crippen molar-refractivity contribution in [1.29, 1.82) is 0 Å². The van der Waals surface area contributed by atoms with Gasteiger partial charge in [-0.25, -0.2) is 17.8 Å². The summed E-state index contributed by atoms with van der Waals surface area (Å²) >= 11 is 0. The van der Waals surface area contributed by atoms with Gasteiger partial charge in [-0.05, 0) is 61.2 Å². The summed E-state index contributed by atoms with van der Waals surface area (Å²) in [5.41, 5.74) is 1.80. The molecule has 1 aliphatic rings. The van der Waals surface area contributed by atoms with Gasteiger partial charge < -0.3 is 0 Å². The van der Waals surface area contributed by atoms with E-state index in [-0.39, 0.29) is 18.0 Å². The van der Waals surface area contributed by atoms with E-state index in [1.54, 1.807) is 4.68 Å². The molecule has 7 nitrogen and oxygen atoms in total. The first-order chi connectivity index (χ1) is 15.8. The molecular weight excluding hydrogens is 455 g/mol. The Morgan fingerprint density at radius 1 is 1.06 bits per heavy atom. The summed E-state index contributed by atoms with van der Waals surface area (Å²) in [7, 11) is -2.81. The van der Waals surface area contributed by atoms with E-state index in [1.165, 1.54) is 12.1 Å². The molecule has 3 aromatic rings. The number of thiol groups is 1. The molecule has 33 heavy (non-hydrogen) atoms. The number of para-hydroxylation sites is 1. The van der Waals surface area contributed by atoms with Gasteiger partial charge in [0.1, 0.15) is 0 Å². The number of nitrogens with zero attached hydrogens (tertiary/aromatic N) is 4. The lowest BCUT2D eigenvalue weighted by Crippen LogP contribution is -2.33. The number of alkyl halides is 3. The standard InChI is InChI=1S/C22H24F3N5O2S/c23-22(24,25)21-7-6-16(13-26-33(31)32)12-20(21)17-8-10-29(11-9-17)14-18-15-30(28-27-18)19-4-2-1-3-5-19/h1-7,12,15,17,33H,8-11,13-14H2,(H,26,31,32). The summed E-state index contributed by atoms with van der Waals surface area (Å²) < 4.78 is 66.4. The molecule has 0 bridgehead atoms. The van der Waals surface area contributed by atoms with E-state index in [1.807, 2.05) is 36.5 Å². The first kappa shape index (κ1) is 23.4. The van der Waals surface area contributed by atoms with Crippen molar-refractivity contribution >= 4 is 10.9 Å². The molecule has 0 aliphatic carbocycles. The van der Waals surface area contributed by atoms with Crippen molar-refractivity contribution in [1.82, 2.24) is 24.6 Å². The lowest BCUT2D eigenvalue weighted by atomic mass is 9.85. The Bertz CT molecular complexity index is 1150. The van der Waals surface area contributed by atoms with E-state index in [9.17, 15) is 21.6 Å². The minimum atomic E-state index is -4.46. The largest absolute Gasteiger partial charge is 0.416 e. The van der Waals surface area contributed by atoms with Crippen LogP contribution in [0.5, 0.6) is 0 Å². The Morgan fingerprint density at radius 2 is 1.79 bits per heavy atom. The van der Waals surface area contributed by atoms with Crippen LogP contribution in [0.1, 0.15) is 41.1 Å². The Kier molecular flexibility index (Phi) is 7.11. The molecule has 11 heteroatoms. The molecule has 2 heterocycles. The van der Waals surface area contributed by atoms with Gasteiger partial charge in [-0.3, -0.25) is 4.90 Å². The van der Waals surface area contributed by atoms with Crippen molar-refractivity contribution in [2.45, 2.75) is 38.0 Å². The molecule has 1 saturated heterocycles. The van der Waals surface area contributed by atoms with Crippen LogP contribution >= 0.6 is 0 Å². The molecule has 0 radical (unpaired) electrons. The molecule has 0 unspecified atom stereocenters. The van der Waals surface area contributed by atoms with Crippen molar-refractivity contribution in [2.75, 3.05) is 13.1 Å². The maximum atomic E-state index is 13.6. The number of nitrogens with one attached hydrogen (secondary N) is 1. The minimum Gasteiger partial charge on any atom is -0.297 e. The molecule has 1 aliphatic heterocycles. The summed E-state index contributed by atoms with van der Waals surface area (Å²) in [5.74, 6) is -0.251. The summed E-state index contributed by atoms with van der Waals surface area (Å²) in [4.78, 5) is 2.16. The monoisotopic (exact) mass is 479 g/mol. The van der Waals surface area contributed by atoms with Crippen LogP contribution in [0.4, 0.5) is 13.2 Å². The van der Waals surface area contributed by atoms with Crippen LogP contribution in [0.25, 0.3) is 5.69 Å². The van der Waals surface area contributed by atoms with E-state index in [0.29, 0.717) is 38.0 Å². The second-order valence-corrected chi connectivity index (χ2v) is 8.88. The summed E-state index contributed by atoms with van der Waals surface area (Å²) in [6.45, 7) is 1.82. The lowest BCUT2D eigenvalue weighted by molar-refractivity contribution is -0.138. The number of aromatic nitrogens is 3. The van der Waals surface area contributed by atoms with E-state index in [4.69, 9.17) is 0 Å². The molecule has 176 valence electrons. The molecule has 1 fully saturated rings. The van der Waals surface area contributed by atoms with Crippen molar-refractivity contribution in [3.63, 3.8) is 0 Å². The highest BCUT2D eigenvalue weighted by Crippen LogP contribution is 2.39. The zero-order valence-corrected chi connectivity index (χ0v) is 18.6. The van der Waals surface area contributed by atoms with E-state index in [2.05, 4.69) is 19.9 Å². The number of halogens is 3. The van der Waals surface area contributed by atoms with Crippen molar-refractivity contribution in [3.8, 4) is 5.69 Å². The molecule has 4 rings (SSSR count). The topological polar surface area (TPSA) is 80.1 Å². The van der Waals surface area contributed by atoms with Crippen molar-refractivity contribution in [2.24, 2.45) is 0 Å². The average molecular weight is 480 g/mol. The molecule has 0 amide bonds. The third-order valence-electron chi connectivity index (χ3n) is 5.81. The normalized spacial score (nSPS) is 15.9. The van der Waals surface area contributed by atoms with Gasteiger partial charge in [0.2, 0.25) is 10.9 Å². The van der Waals surface area contributed by atoms with Crippen LogP contribution < -0.4 is 4.72 Å². The molecular formula is C22H24F3N5O2S. The fourth-order valence-electron chi connectivity index (χ4n) is 4.18. The Labute approximate surface area is 191 Å². The van der Waals surface area contributed by atoms with E-state index >= 15 is 0 Å². The van der Waals surface area contributed by atoms with Crippen LogP contribution in [-0.4, -0.2) is 41.4 Å². The van der Waals surface area contributed by atoms with Crippen LogP contribution in [0.3, 0.4) is 0 Å². The fraction of sp³-hybridized carbons (Fsp3) is 0.364. The second-order valence-electron chi connectivity index (χ2n) is 8.05. The molecule has 0 spiro atoms. The van der Waals surface area contributed by atoms with Gasteiger partial charge in [-0.2, -0.15) is 13.2 Å². The third kappa shape index (κ3) is 5.98.